The van der Waals surface area contributed by atoms with Crippen LogP contribution in [0.1, 0.15) is 6.92 Å². The van der Waals surface area contributed by atoms with Crippen molar-refractivity contribution in [2.75, 3.05) is 50.5 Å². The molecule has 108 valence electrons. The van der Waals surface area contributed by atoms with Gasteiger partial charge in [0.2, 0.25) is 5.95 Å². The van der Waals surface area contributed by atoms with Gasteiger partial charge in [-0.25, -0.2) is 9.99 Å². The van der Waals surface area contributed by atoms with Crippen LogP contribution in [-0.4, -0.2) is 59.6 Å². The molecular weight excluding hydrogens is 272 g/mol. The number of aromatic nitrogens is 2. The first kappa shape index (κ1) is 13.5. The molecule has 6 nitrogen and oxygen atoms in total. The lowest BCUT2D eigenvalue weighted by Gasteiger charge is -2.32. The normalized spacial score (nSPS) is 17.5. The van der Waals surface area contributed by atoms with Crippen LogP contribution in [0, 0.1) is 0 Å². The molecule has 0 aromatic carbocycles. The predicted molar refractivity (Wildman–Crippen MR) is 84.3 cm³/mol. The van der Waals surface area contributed by atoms with Crippen molar-refractivity contribution in [2.24, 2.45) is 0 Å². The van der Waals surface area contributed by atoms with Gasteiger partial charge in [-0.1, -0.05) is 0 Å². The van der Waals surface area contributed by atoms with Crippen LogP contribution in [-0.2, 0) is 0 Å². The topological polar surface area (TPSA) is 56.3 Å². The standard InChI is InChI=1S/C13H20N6S/c1-3-14-13-15-11(10-4-9-20-12(10)16-13)17-19-7-5-18(2)6-8-19/h4,9H,3,5-8H2,1-2H3,(H2,14,15,16,17). The van der Waals surface area contributed by atoms with Crippen LogP contribution < -0.4 is 10.7 Å². The lowest BCUT2D eigenvalue weighted by atomic mass is 10.3. The summed E-state index contributed by atoms with van der Waals surface area (Å²) in [5.41, 5.74) is 3.45. The van der Waals surface area contributed by atoms with Gasteiger partial charge in [0.05, 0.1) is 5.39 Å². The molecule has 0 saturated carbocycles. The van der Waals surface area contributed by atoms with Crippen molar-refractivity contribution in [1.29, 1.82) is 0 Å². The first-order valence-corrected chi connectivity index (χ1v) is 7.83. The number of likely N-dealkylation sites (N-methyl/N-ethyl adjacent to an activating group) is 1. The summed E-state index contributed by atoms with van der Waals surface area (Å²) >= 11 is 1.65. The van der Waals surface area contributed by atoms with E-state index in [9.17, 15) is 0 Å². The molecule has 0 unspecified atom stereocenters. The molecule has 0 aliphatic carbocycles. The van der Waals surface area contributed by atoms with Crippen LogP contribution in [0.2, 0.25) is 0 Å². The van der Waals surface area contributed by atoms with Crippen molar-refractivity contribution in [3.63, 3.8) is 0 Å². The second-order valence-corrected chi connectivity index (χ2v) is 5.86. The molecule has 0 radical (unpaired) electrons. The predicted octanol–water partition coefficient (Wildman–Crippen LogP) is 1.70. The third kappa shape index (κ3) is 2.84. The van der Waals surface area contributed by atoms with Crippen molar-refractivity contribution in [3.8, 4) is 0 Å². The molecule has 7 heteroatoms. The number of piperazine rings is 1. The quantitative estimate of drug-likeness (QED) is 0.894. The maximum Gasteiger partial charge on any atom is 0.226 e. The van der Waals surface area contributed by atoms with Gasteiger partial charge in [-0.15, -0.1) is 11.3 Å². The lowest BCUT2D eigenvalue weighted by molar-refractivity contribution is 0.178. The van der Waals surface area contributed by atoms with Crippen molar-refractivity contribution in [1.82, 2.24) is 19.9 Å². The van der Waals surface area contributed by atoms with E-state index in [1.54, 1.807) is 11.3 Å². The highest BCUT2D eigenvalue weighted by Crippen LogP contribution is 2.26. The molecule has 1 fully saturated rings. The van der Waals surface area contributed by atoms with Crippen LogP contribution in [0.3, 0.4) is 0 Å². The third-order valence-electron chi connectivity index (χ3n) is 3.43. The Labute approximate surface area is 122 Å². The highest BCUT2D eigenvalue weighted by atomic mass is 32.1. The summed E-state index contributed by atoms with van der Waals surface area (Å²) < 4.78 is 0. The van der Waals surface area contributed by atoms with Crippen LogP contribution in [0.4, 0.5) is 11.8 Å². The molecule has 20 heavy (non-hydrogen) atoms. The molecule has 1 aliphatic heterocycles. The van der Waals surface area contributed by atoms with Crippen LogP contribution in [0.15, 0.2) is 11.4 Å². The smallest absolute Gasteiger partial charge is 0.226 e. The van der Waals surface area contributed by atoms with E-state index in [2.05, 4.69) is 56.0 Å². The Hall–Kier alpha value is -1.44. The fourth-order valence-corrected chi connectivity index (χ4v) is 3.01. The molecule has 1 saturated heterocycles. The summed E-state index contributed by atoms with van der Waals surface area (Å²) in [5.74, 6) is 1.59. The Balaban J connectivity index is 1.83. The average Bonchev–Trinajstić information content (AvgIpc) is 2.90. The van der Waals surface area contributed by atoms with E-state index < -0.39 is 0 Å². The zero-order valence-electron chi connectivity index (χ0n) is 11.9. The summed E-state index contributed by atoms with van der Waals surface area (Å²) in [6.07, 6.45) is 0. The number of thiophene rings is 1. The minimum Gasteiger partial charge on any atom is -0.354 e. The molecule has 2 aromatic heterocycles. The van der Waals surface area contributed by atoms with Gasteiger partial charge < -0.3 is 15.6 Å². The van der Waals surface area contributed by atoms with Gasteiger partial charge in [0.15, 0.2) is 5.82 Å². The number of hydrazine groups is 1. The zero-order chi connectivity index (χ0) is 13.9. The summed E-state index contributed by atoms with van der Waals surface area (Å²) in [6.45, 7) is 7.03. The van der Waals surface area contributed by atoms with Gasteiger partial charge in [-0.05, 0) is 25.4 Å². The highest BCUT2D eigenvalue weighted by molar-refractivity contribution is 7.16. The van der Waals surface area contributed by atoms with E-state index in [1.165, 1.54) is 0 Å². The second kappa shape index (κ2) is 5.90. The van der Waals surface area contributed by atoms with E-state index in [-0.39, 0.29) is 0 Å². The number of hydrogen-bond donors (Lipinski definition) is 2. The molecule has 3 rings (SSSR count). The number of rotatable bonds is 4. The Morgan fingerprint density at radius 3 is 2.80 bits per heavy atom. The zero-order valence-corrected chi connectivity index (χ0v) is 12.7. The molecule has 0 amide bonds. The summed E-state index contributed by atoms with van der Waals surface area (Å²) in [6, 6.07) is 2.08. The SMILES string of the molecule is CCNc1nc(NN2CCN(C)CC2)c2ccsc2n1. The average molecular weight is 292 g/mol. The molecule has 2 N–H and O–H groups in total. The Bertz CT molecular complexity index is 575. The van der Waals surface area contributed by atoms with Crippen molar-refractivity contribution < 1.29 is 0 Å². The third-order valence-corrected chi connectivity index (χ3v) is 4.23. The fourth-order valence-electron chi connectivity index (χ4n) is 2.25. The molecular formula is C13H20N6S. The highest BCUT2D eigenvalue weighted by Gasteiger charge is 2.16. The van der Waals surface area contributed by atoms with Crippen molar-refractivity contribution in [2.45, 2.75) is 6.92 Å². The first-order valence-electron chi connectivity index (χ1n) is 6.95. The summed E-state index contributed by atoms with van der Waals surface area (Å²) in [7, 11) is 2.16. The minimum absolute atomic E-state index is 0.694. The summed E-state index contributed by atoms with van der Waals surface area (Å²) in [5, 5.41) is 8.58. The van der Waals surface area contributed by atoms with Crippen LogP contribution in [0.5, 0.6) is 0 Å². The largest absolute Gasteiger partial charge is 0.354 e. The molecule has 0 bridgehead atoms. The van der Waals surface area contributed by atoms with E-state index >= 15 is 0 Å². The van der Waals surface area contributed by atoms with Crippen LogP contribution in [0.25, 0.3) is 10.2 Å². The van der Waals surface area contributed by atoms with E-state index in [4.69, 9.17) is 0 Å². The van der Waals surface area contributed by atoms with Gasteiger partial charge in [-0.2, -0.15) is 4.98 Å². The monoisotopic (exact) mass is 292 g/mol. The maximum absolute atomic E-state index is 4.59. The van der Waals surface area contributed by atoms with Crippen LogP contribution >= 0.6 is 11.3 Å². The van der Waals surface area contributed by atoms with E-state index in [1.807, 2.05) is 0 Å². The minimum atomic E-state index is 0.694. The van der Waals surface area contributed by atoms with E-state index in [0.29, 0.717) is 5.95 Å². The molecule has 1 aliphatic rings. The molecule has 2 aromatic rings. The number of hydrogen-bond acceptors (Lipinski definition) is 7. The number of fused-ring (bicyclic) bond motifs is 1. The fraction of sp³-hybridized carbons (Fsp3) is 0.538. The van der Waals surface area contributed by atoms with Gasteiger partial charge in [0.25, 0.3) is 0 Å². The van der Waals surface area contributed by atoms with Gasteiger partial charge in [0, 0.05) is 32.7 Å². The second-order valence-electron chi connectivity index (χ2n) is 4.97. The number of nitrogens with zero attached hydrogens (tertiary/aromatic N) is 4. The summed E-state index contributed by atoms with van der Waals surface area (Å²) in [4.78, 5) is 12.5. The van der Waals surface area contributed by atoms with E-state index in [0.717, 1.165) is 48.8 Å². The molecule has 0 atom stereocenters. The Morgan fingerprint density at radius 2 is 2.05 bits per heavy atom. The van der Waals surface area contributed by atoms with Crippen molar-refractivity contribution >= 4 is 33.3 Å². The maximum atomic E-state index is 4.59. The number of anilines is 2. The Morgan fingerprint density at radius 1 is 1.25 bits per heavy atom. The lowest BCUT2D eigenvalue weighted by Crippen LogP contribution is -2.47. The molecule has 3 heterocycles. The van der Waals surface area contributed by atoms with Gasteiger partial charge in [0.1, 0.15) is 4.83 Å². The molecule has 0 spiro atoms. The van der Waals surface area contributed by atoms with Gasteiger partial charge >= 0.3 is 0 Å². The Kier molecular flexibility index (Phi) is 4.00. The first-order chi connectivity index (χ1) is 9.76. The van der Waals surface area contributed by atoms with Gasteiger partial charge in [-0.3, -0.25) is 0 Å². The number of nitrogens with one attached hydrogen (secondary N) is 2. The van der Waals surface area contributed by atoms with Crippen molar-refractivity contribution in [3.05, 3.63) is 11.4 Å².